The number of hydrogen-bond donors (Lipinski definition) is 0. The van der Waals surface area contributed by atoms with Gasteiger partial charge in [-0.3, -0.25) is 4.68 Å². The highest BCUT2D eigenvalue weighted by Crippen LogP contribution is 2.31. The molecule has 0 aliphatic heterocycles. The van der Waals surface area contributed by atoms with Crippen LogP contribution in [0.15, 0.2) is 37.2 Å². The van der Waals surface area contributed by atoms with Gasteiger partial charge in [-0.15, -0.1) is 0 Å². The molecule has 0 spiro atoms. The van der Waals surface area contributed by atoms with E-state index in [1.807, 2.05) is 35.3 Å². The minimum absolute atomic E-state index is 0.354. The molecule has 1 heterocycles. The van der Waals surface area contributed by atoms with E-state index in [4.69, 9.17) is 4.74 Å². The number of aromatic nitrogens is 2. The monoisotopic (exact) mass is 242 g/mol. The van der Waals surface area contributed by atoms with Gasteiger partial charge in [0.1, 0.15) is 5.75 Å². The van der Waals surface area contributed by atoms with E-state index in [1.165, 1.54) is 0 Å². The first-order valence-corrected chi connectivity index (χ1v) is 6.00. The van der Waals surface area contributed by atoms with Gasteiger partial charge in [0.05, 0.1) is 13.3 Å². The van der Waals surface area contributed by atoms with Gasteiger partial charge >= 0.3 is 0 Å². The Balaban J connectivity index is 2.50. The van der Waals surface area contributed by atoms with E-state index in [0.717, 1.165) is 22.4 Å². The van der Waals surface area contributed by atoms with Crippen molar-refractivity contribution in [3.8, 4) is 16.9 Å². The summed E-state index contributed by atoms with van der Waals surface area (Å²) in [6.07, 6.45) is 5.73. The van der Waals surface area contributed by atoms with Crippen molar-refractivity contribution in [2.24, 2.45) is 0 Å². The van der Waals surface area contributed by atoms with Crippen LogP contribution in [-0.2, 0) is 0 Å². The molecule has 1 aromatic heterocycles. The third-order valence-corrected chi connectivity index (χ3v) is 2.90. The van der Waals surface area contributed by atoms with Gasteiger partial charge in [0.15, 0.2) is 0 Å². The molecule has 2 aromatic rings. The van der Waals surface area contributed by atoms with Crippen molar-refractivity contribution in [2.75, 3.05) is 7.11 Å². The Kier molecular flexibility index (Phi) is 3.51. The zero-order valence-electron chi connectivity index (χ0n) is 11.1. The summed E-state index contributed by atoms with van der Waals surface area (Å²) in [4.78, 5) is 0. The van der Waals surface area contributed by atoms with Crippen LogP contribution in [-0.4, -0.2) is 16.9 Å². The maximum absolute atomic E-state index is 5.40. The molecular weight excluding hydrogens is 224 g/mol. The number of nitrogens with zero attached hydrogens (tertiary/aromatic N) is 2. The van der Waals surface area contributed by atoms with Crippen molar-refractivity contribution in [3.63, 3.8) is 0 Å². The molecule has 3 nitrogen and oxygen atoms in total. The Morgan fingerprint density at radius 1 is 1.39 bits per heavy atom. The predicted molar refractivity (Wildman–Crippen MR) is 74.7 cm³/mol. The van der Waals surface area contributed by atoms with Crippen LogP contribution in [0.1, 0.15) is 25.5 Å². The maximum atomic E-state index is 5.40. The zero-order chi connectivity index (χ0) is 13.1. The van der Waals surface area contributed by atoms with Crippen LogP contribution in [0.25, 0.3) is 17.2 Å². The molecule has 1 aromatic carbocycles. The summed E-state index contributed by atoms with van der Waals surface area (Å²) < 4.78 is 7.34. The predicted octanol–water partition coefficient (Wildman–Crippen LogP) is 3.78. The van der Waals surface area contributed by atoms with E-state index in [2.05, 4.69) is 31.6 Å². The second kappa shape index (κ2) is 5.08. The highest BCUT2D eigenvalue weighted by molar-refractivity contribution is 5.72. The summed E-state index contributed by atoms with van der Waals surface area (Å²) in [7, 11) is 1.68. The second-order valence-corrected chi connectivity index (χ2v) is 4.47. The first kappa shape index (κ1) is 12.4. The molecule has 3 heteroatoms. The van der Waals surface area contributed by atoms with Crippen LogP contribution in [0.3, 0.4) is 0 Å². The standard InChI is InChI=1S/C15H18N2O/c1-5-12-6-7-15(18-4)14(8-12)13-9-16-17(10-13)11(2)3/h5-11H,1H2,2-4H3. The normalized spacial score (nSPS) is 10.7. The van der Waals surface area contributed by atoms with Gasteiger partial charge in [0.2, 0.25) is 0 Å². The fourth-order valence-corrected chi connectivity index (χ4v) is 1.84. The Hall–Kier alpha value is -2.03. The highest BCUT2D eigenvalue weighted by Gasteiger charge is 2.09. The van der Waals surface area contributed by atoms with Crippen LogP contribution >= 0.6 is 0 Å². The molecule has 0 unspecified atom stereocenters. The molecule has 2 rings (SSSR count). The van der Waals surface area contributed by atoms with Crippen molar-refractivity contribution in [3.05, 3.63) is 42.7 Å². The Bertz CT molecular complexity index is 555. The number of hydrogen-bond acceptors (Lipinski definition) is 2. The van der Waals surface area contributed by atoms with Gasteiger partial charge in [-0.05, 0) is 31.5 Å². The minimum atomic E-state index is 0.354. The van der Waals surface area contributed by atoms with Crippen molar-refractivity contribution in [1.82, 2.24) is 9.78 Å². The molecule has 0 saturated heterocycles. The molecule has 0 atom stereocenters. The van der Waals surface area contributed by atoms with Gasteiger partial charge in [0.25, 0.3) is 0 Å². The number of rotatable bonds is 4. The van der Waals surface area contributed by atoms with Crippen LogP contribution < -0.4 is 4.74 Å². The van der Waals surface area contributed by atoms with Crippen molar-refractivity contribution in [2.45, 2.75) is 19.9 Å². The van der Waals surface area contributed by atoms with Crippen LogP contribution in [0.2, 0.25) is 0 Å². The molecule has 0 radical (unpaired) electrons. The van der Waals surface area contributed by atoms with Crippen LogP contribution in [0.5, 0.6) is 5.75 Å². The lowest BCUT2D eigenvalue weighted by Gasteiger charge is -2.08. The molecule has 0 fully saturated rings. The van der Waals surface area contributed by atoms with Gasteiger partial charge in [-0.1, -0.05) is 18.7 Å². The summed E-state index contributed by atoms with van der Waals surface area (Å²) >= 11 is 0. The quantitative estimate of drug-likeness (QED) is 0.815. The lowest BCUT2D eigenvalue weighted by atomic mass is 10.0. The van der Waals surface area contributed by atoms with Crippen molar-refractivity contribution in [1.29, 1.82) is 0 Å². The Morgan fingerprint density at radius 3 is 2.72 bits per heavy atom. The largest absolute Gasteiger partial charge is 0.496 e. The zero-order valence-corrected chi connectivity index (χ0v) is 11.1. The molecule has 0 N–H and O–H groups in total. The van der Waals surface area contributed by atoms with E-state index in [1.54, 1.807) is 7.11 Å². The maximum Gasteiger partial charge on any atom is 0.126 e. The van der Waals surface area contributed by atoms with Crippen molar-refractivity contribution < 1.29 is 4.74 Å². The number of benzene rings is 1. The number of methoxy groups -OCH3 is 1. The Morgan fingerprint density at radius 2 is 2.17 bits per heavy atom. The van der Waals surface area contributed by atoms with Gasteiger partial charge < -0.3 is 4.74 Å². The van der Waals surface area contributed by atoms with E-state index in [-0.39, 0.29) is 0 Å². The molecule has 0 bridgehead atoms. The fourth-order valence-electron chi connectivity index (χ4n) is 1.84. The molecule has 18 heavy (non-hydrogen) atoms. The molecule has 0 aliphatic rings. The van der Waals surface area contributed by atoms with E-state index in [0.29, 0.717) is 6.04 Å². The molecule has 0 aliphatic carbocycles. The average molecular weight is 242 g/mol. The minimum Gasteiger partial charge on any atom is -0.496 e. The third kappa shape index (κ3) is 2.30. The van der Waals surface area contributed by atoms with Gasteiger partial charge in [-0.2, -0.15) is 5.10 Å². The molecular formula is C15H18N2O. The smallest absolute Gasteiger partial charge is 0.126 e. The van der Waals surface area contributed by atoms with E-state index in [9.17, 15) is 0 Å². The van der Waals surface area contributed by atoms with E-state index >= 15 is 0 Å². The summed E-state index contributed by atoms with van der Waals surface area (Å²) in [5.41, 5.74) is 3.18. The number of ether oxygens (including phenoxy) is 1. The first-order chi connectivity index (χ1) is 8.65. The summed E-state index contributed by atoms with van der Waals surface area (Å²) in [5, 5.41) is 4.36. The lowest BCUT2D eigenvalue weighted by molar-refractivity contribution is 0.416. The first-order valence-electron chi connectivity index (χ1n) is 6.00. The van der Waals surface area contributed by atoms with Crippen molar-refractivity contribution >= 4 is 6.08 Å². The van der Waals surface area contributed by atoms with Crippen LogP contribution in [0.4, 0.5) is 0 Å². The topological polar surface area (TPSA) is 27.1 Å². The van der Waals surface area contributed by atoms with Crippen LogP contribution in [0, 0.1) is 0 Å². The Labute approximate surface area is 108 Å². The second-order valence-electron chi connectivity index (χ2n) is 4.47. The average Bonchev–Trinajstić information content (AvgIpc) is 2.87. The van der Waals surface area contributed by atoms with E-state index < -0.39 is 0 Å². The SMILES string of the molecule is C=Cc1ccc(OC)c(-c2cnn(C(C)C)c2)c1. The molecule has 0 amide bonds. The summed E-state index contributed by atoms with van der Waals surface area (Å²) in [5.74, 6) is 0.851. The molecule has 0 saturated carbocycles. The fraction of sp³-hybridized carbons (Fsp3) is 0.267. The summed E-state index contributed by atoms with van der Waals surface area (Å²) in [6.45, 7) is 8.00. The van der Waals surface area contributed by atoms with Gasteiger partial charge in [0, 0.05) is 23.4 Å². The molecule has 94 valence electrons. The summed E-state index contributed by atoms with van der Waals surface area (Å²) in [6, 6.07) is 6.36. The lowest BCUT2D eigenvalue weighted by Crippen LogP contribution is -1.99. The van der Waals surface area contributed by atoms with Gasteiger partial charge in [-0.25, -0.2) is 0 Å². The third-order valence-electron chi connectivity index (χ3n) is 2.90. The highest BCUT2D eigenvalue weighted by atomic mass is 16.5.